The molecule has 1 aliphatic rings. The zero-order valence-electron chi connectivity index (χ0n) is 12.0. The minimum absolute atomic E-state index is 0.311. The lowest BCUT2D eigenvalue weighted by molar-refractivity contribution is 0.0653. The maximum Gasteiger partial charge on any atom is 0.276 e. The Morgan fingerprint density at radius 2 is 1.91 bits per heavy atom. The molecule has 0 aliphatic carbocycles. The second-order valence-electron chi connectivity index (χ2n) is 5.25. The first-order valence-corrected chi connectivity index (χ1v) is 6.70. The van der Waals surface area contributed by atoms with Crippen LogP contribution >= 0.6 is 0 Å². The molecule has 1 aromatic heterocycles. The van der Waals surface area contributed by atoms with Gasteiger partial charge in [-0.2, -0.15) is 0 Å². The van der Waals surface area contributed by atoms with E-state index >= 15 is 0 Å². The first kappa shape index (κ1) is 12.8. The molecule has 110 valence electrons. The van der Waals surface area contributed by atoms with Crippen LogP contribution < -0.4 is 10.6 Å². The quantitative estimate of drug-likeness (QED) is 0.423. The molecule has 0 radical (unpaired) electrons. The zero-order chi connectivity index (χ0) is 15.6. The van der Waals surface area contributed by atoms with Crippen LogP contribution in [0, 0.1) is 6.92 Å². The van der Waals surface area contributed by atoms with Crippen LogP contribution in [0.2, 0.25) is 0 Å². The molecule has 6 heteroatoms. The average Bonchev–Trinajstić information content (AvgIpc) is 2.99. The van der Waals surface area contributed by atoms with Gasteiger partial charge in [0.1, 0.15) is 16.9 Å². The van der Waals surface area contributed by atoms with Gasteiger partial charge in [-0.05, 0) is 25.1 Å². The molecule has 0 saturated carbocycles. The largest absolute Gasteiger partial charge is 0.497 e. The van der Waals surface area contributed by atoms with Crippen molar-refractivity contribution in [3.8, 4) is 5.75 Å². The number of carbonyl (C=O) groups excluding carboxylic acids is 2. The predicted octanol–water partition coefficient (Wildman–Crippen LogP) is 2.37. The molecule has 2 amide bonds. The van der Waals surface area contributed by atoms with Crippen molar-refractivity contribution in [2.24, 2.45) is 5.84 Å². The number of ether oxygens (including phenoxy) is 1. The fraction of sp³-hybridized carbons (Fsp3) is 0.125. The van der Waals surface area contributed by atoms with Crippen LogP contribution in [0.1, 0.15) is 26.3 Å². The monoisotopic (exact) mass is 296 g/mol. The summed E-state index contributed by atoms with van der Waals surface area (Å²) >= 11 is 0. The number of benzene rings is 2. The highest BCUT2D eigenvalue weighted by atomic mass is 16.5. The van der Waals surface area contributed by atoms with E-state index in [0.29, 0.717) is 38.6 Å². The molecule has 0 saturated heterocycles. The number of furan rings is 1. The van der Waals surface area contributed by atoms with Gasteiger partial charge in [0, 0.05) is 22.4 Å². The maximum absolute atomic E-state index is 12.1. The Morgan fingerprint density at radius 1 is 1.14 bits per heavy atom. The molecule has 0 atom stereocenters. The Balaban J connectivity index is 2.13. The third-order valence-electron chi connectivity index (χ3n) is 4.09. The van der Waals surface area contributed by atoms with Crippen molar-refractivity contribution in [1.29, 1.82) is 0 Å². The number of aryl methyl sites for hydroxylation is 1. The van der Waals surface area contributed by atoms with Gasteiger partial charge in [-0.25, -0.2) is 10.9 Å². The number of hydrogen-bond donors (Lipinski definition) is 1. The van der Waals surface area contributed by atoms with Gasteiger partial charge in [0.15, 0.2) is 0 Å². The summed E-state index contributed by atoms with van der Waals surface area (Å²) in [6, 6.07) is 7.14. The van der Waals surface area contributed by atoms with Crippen molar-refractivity contribution in [2.75, 3.05) is 7.11 Å². The van der Waals surface area contributed by atoms with E-state index in [9.17, 15) is 9.59 Å². The molecule has 1 aliphatic heterocycles. The number of carbonyl (C=O) groups is 2. The molecule has 0 unspecified atom stereocenters. The lowest BCUT2D eigenvalue weighted by atomic mass is 9.99. The molecule has 22 heavy (non-hydrogen) atoms. The molecule has 0 spiro atoms. The summed E-state index contributed by atoms with van der Waals surface area (Å²) in [6.07, 6.45) is 0. The Bertz CT molecular complexity index is 987. The number of methoxy groups -OCH3 is 1. The minimum atomic E-state index is -0.502. The van der Waals surface area contributed by atoms with Gasteiger partial charge >= 0.3 is 0 Å². The Kier molecular flexibility index (Phi) is 2.38. The second kappa shape index (κ2) is 4.08. The van der Waals surface area contributed by atoms with Crippen molar-refractivity contribution in [1.82, 2.24) is 5.01 Å². The van der Waals surface area contributed by atoms with Gasteiger partial charge in [0.05, 0.1) is 18.2 Å². The normalized spacial score (nSPS) is 14.2. The summed E-state index contributed by atoms with van der Waals surface area (Å²) in [6.45, 7) is 1.76. The van der Waals surface area contributed by atoms with E-state index in [4.69, 9.17) is 15.0 Å². The molecule has 2 aromatic carbocycles. The summed E-state index contributed by atoms with van der Waals surface area (Å²) in [4.78, 5) is 24.2. The van der Waals surface area contributed by atoms with Gasteiger partial charge in [0.2, 0.25) is 0 Å². The van der Waals surface area contributed by atoms with Crippen LogP contribution in [0.5, 0.6) is 5.75 Å². The first-order valence-electron chi connectivity index (χ1n) is 6.70. The van der Waals surface area contributed by atoms with E-state index in [2.05, 4.69) is 0 Å². The second-order valence-corrected chi connectivity index (χ2v) is 5.25. The molecule has 6 nitrogen and oxygen atoms in total. The number of nitrogens with zero attached hydrogens (tertiary/aromatic N) is 1. The van der Waals surface area contributed by atoms with Gasteiger partial charge in [-0.1, -0.05) is 0 Å². The molecule has 2 N–H and O–H groups in total. The number of hydrogen-bond acceptors (Lipinski definition) is 5. The zero-order valence-corrected chi connectivity index (χ0v) is 12.0. The van der Waals surface area contributed by atoms with Crippen LogP contribution in [0.25, 0.3) is 21.9 Å². The lowest BCUT2D eigenvalue weighted by Gasteiger charge is -2.03. The molecular weight excluding hydrogens is 284 g/mol. The number of hydrazine groups is 1. The smallest absolute Gasteiger partial charge is 0.276 e. The Hall–Kier alpha value is -2.86. The van der Waals surface area contributed by atoms with E-state index in [1.165, 1.54) is 0 Å². The van der Waals surface area contributed by atoms with Crippen molar-refractivity contribution in [3.05, 3.63) is 41.0 Å². The van der Waals surface area contributed by atoms with E-state index in [1.54, 1.807) is 26.2 Å². The maximum atomic E-state index is 12.1. The summed E-state index contributed by atoms with van der Waals surface area (Å²) < 4.78 is 11.1. The molecular formula is C16H12N2O4. The third kappa shape index (κ3) is 1.42. The number of rotatable bonds is 1. The number of nitrogens with two attached hydrogens (primary N) is 1. The van der Waals surface area contributed by atoms with E-state index in [1.807, 2.05) is 12.1 Å². The van der Waals surface area contributed by atoms with Crippen LogP contribution in [-0.2, 0) is 0 Å². The number of amides is 2. The standard InChI is InChI=1S/C16H12N2O4/c1-7-13-11(15(19)18(17)16(13)20)6-10-9-4-3-8(21-2)5-12(9)22-14(7)10/h3-6H,17H2,1-2H3. The lowest BCUT2D eigenvalue weighted by Crippen LogP contribution is -2.36. The number of imide groups is 1. The highest BCUT2D eigenvalue weighted by Crippen LogP contribution is 2.37. The Labute approximate surface area is 125 Å². The molecule has 4 rings (SSSR count). The fourth-order valence-corrected chi connectivity index (χ4v) is 2.96. The van der Waals surface area contributed by atoms with Crippen LogP contribution in [0.4, 0.5) is 0 Å². The van der Waals surface area contributed by atoms with E-state index in [0.717, 1.165) is 10.8 Å². The van der Waals surface area contributed by atoms with Crippen molar-refractivity contribution in [2.45, 2.75) is 6.92 Å². The molecule has 2 heterocycles. The highest BCUT2D eigenvalue weighted by molar-refractivity contribution is 6.24. The van der Waals surface area contributed by atoms with Gasteiger partial charge in [-0.3, -0.25) is 9.59 Å². The summed E-state index contributed by atoms with van der Waals surface area (Å²) in [5, 5.41) is 2.28. The SMILES string of the molecule is COc1ccc2c(c1)oc1c(C)c3c(cc12)C(=O)N(N)C3=O. The van der Waals surface area contributed by atoms with Gasteiger partial charge in [-0.15, -0.1) is 0 Å². The molecule has 3 aromatic rings. The molecule has 0 fully saturated rings. The predicted molar refractivity (Wildman–Crippen MR) is 79.7 cm³/mol. The van der Waals surface area contributed by atoms with Gasteiger partial charge < -0.3 is 9.15 Å². The van der Waals surface area contributed by atoms with Crippen molar-refractivity contribution in [3.63, 3.8) is 0 Å². The number of fused-ring (bicyclic) bond motifs is 4. The topological polar surface area (TPSA) is 85.8 Å². The summed E-state index contributed by atoms with van der Waals surface area (Å²) in [7, 11) is 1.58. The van der Waals surface area contributed by atoms with Gasteiger partial charge in [0.25, 0.3) is 11.8 Å². The van der Waals surface area contributed by atoms with E-state index < -0.39 is 11.8 Å². The van der Waals surface area contributed by atoms with E-state index in [-0.39, 0.29) is 0 Å². The first-order chi connectivity index (χ1) is 10.5. The van der Waals surface area contributed by atoms with Crippen molar-refractivity contribution >= 4 is 33.8 Å². The highest BCUT2D eigenvalue weighted by Gasteiger charge is 2.36. The van der Waals surface area contributed by atoms with Crippen molar-refractivity contribution < 1.29 is 18.7 Å². The third-order valence-corrected chi connectivity index (χ3v) is 4.09. The fourth-order valence-electron chi connectivity index (χ4n) is 2.96. The average molecular weight is 296 g/mol. The van der Waals surface area contributed by atoms with Crippen LogP contribution in [-0.4, -0.2) is 23.9 Å². The summed E-state index contributed by atoms with van der Waals surface area (Å²) in [5.41, 5.74) is 2.47. The van der Waals surface area contributed by atoms with Crippen LogP contribution in [0.3, 0.4) is 0 Å². The summed E-state index contributed by atoms with van der Waals surface area (Å²) in [5.74, 6) is 5.19. The molecule has 0 bridgehead atoms. The van der Waals surface area contributed by atoms with Crippen LogP contribution in [0.15, 0.2) is 28.7 Å². The Morgan fingerprint density at radius 3 is 2.64 bits per heavy atom. The minimum Gasteiger partial charge on any atom is -0.497 e.